The molecule has 1 atom stereocenters. The first-order chi connectivity index (χ1) is 12.8. The molecular formula is C20H25N5O2. The lowest BCUT2D eigenvalue weighted by Gasteiger charge is -2.23. The van der Waals surface area contributed by atoms with Gasteiger partial charge in [0.2, 0.25) is 0 Å². The van der Waals surface area contributed by atoms with E-state index in [9.17, 15) is 9.90 Å². The van der Waals surface area contributed by atoms with Crippen molar-refractivity contribution < 1.29 is 9.90 Å². The van der Waals surface area contributed by atoms with Crippen molar-refractivity contribution in [1.82, 2.24) is 9.78 Å². The molecule has 7 heteroatoms. The molecular weight excluding hydrogens is 342 g/mol. The third kappa shape index (κ3) is 2.92. The normalized spacial score (nSPS) is 19.5. The van der Waals surface area contributed by atoms with Gasteiger partial charge in [0, 0.05) is 33.3 Å². The number of aryl methyl sites for hydroxylation is 1. The third-order valence-electron chi connectivity index (χ3n) is 5.41. The third-order valence-corrected chi connectivity index (χ3v) is 5.41. The minimum Gasteiger partial charge on any atom is -0.388 e. The van der Waals surface area contributed by atoms with Gasteiger partial charge in [-0.15, -0.1) is 0 Å². The fraction of sp³-hybridized carbons (Fsp3) is 0.450. The van der Waals surface area contributed by atoms with Crippen molar-refractivity contribution in [3.8, 4) is 0 Å². The molecule has 1 aromatic carbocycles. The Balaban J connectivity index is 1.70. The number of fused-ring (bicyclic) bond motifs is 2. The van der Waals surface area contributed by atoms with Gasteiger partial charge in [-0.05, 0) is 35.1 Å². The molecule has 4 rings (SSSR count). The summed E-state index contributed by atoms with van der Waals surface area (Å²) in [5.41, 5.74) is 3.86. The van der Waals surface area contributed by atoms with E-state index < -0.39 is 6.10 Å². The molecule has 0 spiro atoms. The fourth-order valence-corrected chi connectivity index (χ4v) is 3.90. The lowest BCUT2D eigenvalue weighted by Crippen LogP contribution is -2.18. The van der Waals surface area contributed by atoms with E-state index in [0.29, 0.717) is 11.4 Å². The Morgan fingerprint density at radius 1 is 1.37 bits per heavy atom. The van der Waals surface area contributed by atoms with Crippen LogP contribution in [0.3, 0.4) is 0 Å². The molecule has 2 aliphatic rings. The smallest absolute Gasteiger partial charge is 0.261 e. The van der Waals surface area contributed by atoms with Gasteiger partial charge in [-0.1, -0.05) is 13.8 Å². The zero-order chi connectivity index (χ0) is 19.3. The number of amides is 1. The van der Waals surface area contributed by atoms with E-state index in [0.717, 1.165) is 41.9 Å². The summed E-state index contributed by atoms with van der Waals surface area (Å²) in [4.78, 5) is 19.2. The molecule has 2 N–H and O–H groups in total. The number of aliphatic hydroxyl groups excluding tert-OH is 1. The van der Waals surface area contributed by atoms with Crippen LogP contribution in [-0.2, 0) is 13.0 Å². The summed E-state index contributed by atoms with van der Waals surface area (Å²) in [6.45, 7) is 4.85. The monoisotopic (exact) mass is 367 g/mol. The molecule has 1 aliphatic heterocycles. The zero-order valence-corrected chi connectivity index (χ0v) is 16.2. The SMILES string of the molecule is CN(C)c1cc2c(cc1NC(=O)c1cnn3c1N=CCC3)CC(C)(C)[C@@H]2O. The van der Waals surface area contributed by atoms with E-state index in [4.69, 9.17) is 0 Å². The molecule has 1 aliphatic carbocycles. The predicted molar refractivity (Wildman–Crippen MR) is 106 cm³/mol. The fourth-order valence-electron chi connectivity index (χ4n) is 3.90. The van der Waals surface area contributed by atoms with Crippen LogP contribution in [0.1, 0.15) is 47.9 Å². The summed E-state index contributed by atoms with van der Waals surface area (Å²) in [6, 6.07) is 3.97. The van der Waals surface area contributed by atoms with E-state index in [1.807, 2.05) is 37.3 Å². The van der Waals surface area contributed by atoms with Crippen molar-refractivity contribution in [1.29, 1.82) is 0 Å². The first kappa shape index (κ1) is 17.7. The molecule has 7 nitrogen and oxygen atoms in total. The first-order valence-corrected chi connectivity index (χ1v) is 9.20. The van der Waals surface area contributed by atoms with Crippen LogP contribution in [0.4, 0.5) is 17.2 Å². The summed E-state index contributed by atoms with van der Waals surface area (Å²) < 4.78 is 1.75. The van der Waals surface area contributed by atoms with E-state index in [-0.39, 0.29) is 11.3 Å². The molecule has 1 aromatic heterocycles. The van der Waals surface area contributed by atoms with Crippen molar-refractivity contribution >= 4 is 29.3 Å². The summed E-state index contributed by atoms with van der Waals surface area (Å²) in [7, 11) is 3.85. The second-order valence-corrected chi connectivity index (χ2v) is 8.19. The highest BCUT2D eigenvalue weighted by molar-refractivity contribution is 6.09. The largest absolute Gasteiger partial charge is 0.388 e. The summed E-state index contributed by atoms with van der Waals surface area (Å²) in [5.74, 6) is 0.374. The van der Waals surface area contributed by atoms with Gasteiger partial charge in [0.15, 0.2) is 5.82 Å². The summed E-state index contributed by atoms with van der Waals surface area (Å²) >= 11 is 0. The number of hydrogen-bond acceptors (Lipinski definition) is 5. The van der Waals surface area contributed by atoms with Crippen molar-refractivity contribution in [3.63, 3.8) is 0 Å². The Labute approximate surface area is 158 Å². The minimum atomic E-state index is -0.506. The highest BCUT2D eigenvalue weighted by Gasteiger charge is 2.38. The number of nitrogens with zero attached hydrogens (tertiary/aromatic N) is 4. The van der Waals surface area contributed by atoms with Gasteiger partial charge >= 0.3 is 0 Å². The number of carbonyl (C=O) groups excluding carboxylic acids is 1. The van der Waals surface area contributed by atoms with Crippen LogP contribution in [0.25, 0.3) is 0 Å². The average Bonchev–Trinajstić information content (AvgIpc) is 3.13. The number of aliphatic imine (C=N–C) groups is 1. The van der Waals surface area contributed by atoms with Crippen LogP contribution in [0.5, 0.6) is 0 Å². The van der Waals surface area contributed by atoms with Crippen molar-refractivity contribution in [3.05, 3.63) is 35.0 Å². The molecule has 2 aromatic rings. The highest BCUT2D eigenvalue weighted by Crippen LogP contribution is 2.47. The molecule has 0 bridgehead atoms. The second kappa shape index (κ2) is 6.20. The topological polar surface area (TPSA) is 82.8 Å². The van der Waals surface area contributed by atoms with Crippen LogP contribution in [0.15, 0.2) is 23.3 Å². The molecule has 27 heavy (non-hydrogen) atoms. The van der Waals surface area contributed by atoms with E-state index in [1.165, 1.54) is 0 Å². The zero-order valence-electron chi connectivity index (χ0n) is 16.2. The number of benzene rings is 1. The van der Waals surface area contributed by atoms with Crippen LogP contribution < -0.4 is 10.2 Å². The van der Waals surface area contributed by atoms with Gasteiger partial charge < -0.3 is 15.3 Å². The Morgan fingerprint density at radius 2 is 2.15 bits per heavy atom. The lowest BCUT2D eigenvalue weighted by atomic mass is 9.87. The van der Waals surface area contributed by atoms with Crippen molar-refractivity contribution in [2.75, 3.05) is 24.3 Å². The second-order valence-electron chi connectivity index (χ2n) is 8.19. The Bertz CT molecular complexity index is 942. The molecule has 1 amide bonds. The minimum absolute atomic E-state index is 0.214. The van der Waals surface area contributed by atoms with Gasteiger partial charge in [0.05, 0.1) is 23.7 Å². The molecule has 0 saturated heterocycles. The number of aromatic nitrogens is 2. The van der Waals surface area contributed by atoms with Crippen molar-refractivity contribution in [2.45, 2.75) is 39.3 Å². The number of carbonyl (C=O) groups is 1. The number of anilines is 2. The maximum absolute atomic E-state index is 12.9. The highest BCUT2D eigenvalue weighted by atomic mass is 16.3. The number of nitrogens with one attached hydrogen (secondary N) is 1. The summed E-state index contributed by atoms with van der Waals surface area (Å²) in [6.07, 6.45) is 4.48. The summed E-state index contributed by atoms with van der Waals surface area (Å²) in [5, 5.41) is 17.9. The average molecular weight is 367 g/mol. The van der Waals surface area contributed by atoms with Gasteiger partial charge in [-0.2, -0.15) is 5.10 Å². The maximum Gasteiger partial charge on any atom is 0.261 e. The Hall–Kier alpha value is -2.67. The van der Waals surface area contributed by atoms with E-state index in [2.05, 4.69) is 29.3 Å². The lowest BCUT2D eigenvalue weighted by molar-refractivity contribution is 0.0666. The van der Waals surface area contributed by atoms with Gasteiger partial charge in [0.25, 0.3) is 5.91 Å². The number of rotatable bonds is 3. The van der Waals surface area contributed by atoms with Crippen LogP contribution >= 0.6 is 0 Å². The molecule has 2 heterocycles. The van der Waals surface area contributed by atoms with Crippen LogP contribution in [-0.4, -0.2) is 41.1 Å². The molecule has 0 saturated carbocycles. The number of aliphatic hydroxyl groups is 1. The van der Waals surface area contributed by atoms with Gasteiger partial charge in [-0.3, -0.25) is 4.79 Å². The Kier molecular flexibility index (Phi) is 4.07. The molecule has 0 unspecified atom stereocenters. The van der Waals surface area contributed by atoms with Gasteiger partial charge in [-0.25, -0.2) is 9.67 Å². The van der Waals surface area contributed by atoms with Crippen LogP contribution in [0, 0.1) is 5.41 Å². The van der Waals surface area contributed by atoms with Crippen LogP contribution in [0.2, 0.25) is 0 Å². The molecule has 142 valence electrons. The molecule has 0 radical (unpaired) electrons. The maximum atomic E-state index is 12.9. The standard InChI is InChI=1S/C20H25N5O2/c1-20(2)10-12-8-15(16(24(3)4)9-13(12)17(20)26)23-19(27)14-11-22-25-7-5-6-21-18(14)25/h6,8-9,11,17,26H,5,7,10H2,1-4H3,(H,23,27)/t17-/m1/s1. The Morgan fingerprint density at radius 3 is 2.89 bits per heavy atom. The quantitative estimate of drug-likeness (QED) is 0.874. The van der Waals surface area contributed by atoms with E-state index >= 15 is 0 Å². The molecule has 0 fully saturated rings. The van der Waals surface area contributed by atoms with E-state index in [1.54, 1.807) is 10.9 Å². The first-order valence-electron chi connectivity index (χ1n) is 9.20. The van der Waals surface area contributed by atoms with Gasteiger partial charge in [0.1, 0.15) is 5.56 Å². The predicted octanol–water partition coefficient (Wildman–Crippen LogP) is 2.92. The van der Waals surface area contributed by atoms with Crippen molar-refractivity contribution in [2.24, 2.45) is 10.4 Å². The number of hydrogen-bond donors (Lipinski definition) is 2.